The number of benzene rings is 2. The third-order valence-corrected chi connectivity index (χ3v) is 6.16. The molecule has 1 saturated heterocycles. The molecule has 4 rings (SSSR count). The Kier molecular flexibility index (Phi) is 5.60. The van der Waals surface area contributed by atoms with Gasteiger partial charge < -0.3 is 20.7 Å². The van der Waals surface area contributed by atoms with Crippen LogP contribution in [-0.2, 0) is 11.2 Å². The van der Waals surface area contributed by atoms with E-state index in [0.29, 0.717) is 72.5 Å². The number of nitrogens with two attached hydrogens (primary N) is 1. The number of nitrogens with zero attached hydrogens (tertiary/aromatic N) is 1. The average molecular weight is 438 g/mol. The van der Waals surface area contributed by atoms with Crippen LogP contribution in [0.5, 0.6) is 5.75 Å². The van der Waals surface area contributed by atoms with E-state index in [1.165, 1.54) is 6.07 Å². The number of halogens is 3. The van der Waals surface area contributed by atoms with Crippen LogP contribution in [0.3, 0.4) is 0 Å². The fourth-order valence-corrected chi connectivity index (χ4v) is 4.24. The van der Waals surface area contributed by atoms with Gasteiger partial charge in [0.25, 0.3) is 0 Å². The summed E-state index contributed by atoms with van der Waals surface area (Å²) in [6.45, 7) is 1.60. The number of fused-ring (bicyclic) bond motifs is 1. The standard InChI is InChI=1S/C21H22Cl2FN3O2/c22-13-1-4-17(16(24)11-13)27-9-7-21(25,8-10-27)12-29-18-5-3-15(23)20-14(18)2-6-19(28)26-20/h1,3-5,11H,2,6-10,12,25H2,(H,26,28). The molecule has 0 aromatic heterocycles. The van der Waals surface area contributed by atoms with Crippen molar-refractivity contribution in [3.63, 3.8) is 0 Å². The van der Waals surface area contributed by atoms with Gasteiger partial charge in [-0.1, -0.05) is 23.2 Å². The maximum atomic E-state index is 14.2. The topological polar surface area (TPSA) is 67.6 Å². The van der Waals surface area contributed by atoms with E-state index < -0.39 is 5.54 Å². The van der Waals surface area contributed by atoms with Gasteiger partial charge in [-0.15, -0.1) is 0 Å². The molecule has 8 heteroatoms. The number of amides is 1. The summed E-state index contributed by atoms with van der Waals surface area (Å²) in [5, 5.41) is 3.70. The minimum Gasteiger partial charge on any atom is -0.491 e. The van der Waals surface area contributed by atoms with Gasteiger partial charge in [0.05, 0.1) is 21.9 Å². The highest BCUT2D eigenvalue weighted by Crippen LogP contribution is 2.37. The average Bonchev–Trinajstić information content (AvgIpc) is 2.69. The first kappa shape index (κ1) is 20.3. The van der Waals surface area contributed by atoms with Crippen LogP contribution < -0.4 is 20.7 Å². The van der Waals surface area contributed by atoms with Crippen molar-refractivity contribution in [2.75, 3.05) is 29.9 Å². The molecule has 1 amide bonds. The van der Waals surface area contributed by atoms with E-state index in [4.69, 9.17) is 33.7 Å². The maximum absolute atomic E-state index is 14.2. The molecule has 0 aliphatic carbocycles. The van der Waals surface area contributed by atoms with E-state index in [0.717, 1.165) is 5.56 Å². The van der Waals surface area contributed by atoms with Gasteiger partial charge in [-0.25, -0.2) is 4.39 Å². The number of piperidine rings is 1. The molecule has 0 saturated carbocycles. The molecule has 0 bridgehead atoms. The van der Waals surface area contributed by atoms with Gasteiger partial charge in [-0.3, -0.25) is 4.79 Å². The zero-order chi connectivity index (χ0) is 20.6. The summed E-state index contributed by atoms with van der Waals surface area (Å²) in [5.74, 6) is 0.321. The van der Waals surface area contributed by atoms with Crippen LogP contribution >= 0.6 is 23.2 Å². The second-order valence-electron chi connectivity index (χ2n) is 7.68. The number of anilines is 2. The first-order chi connectivity index (χ1) is 13.8. The summed E-state index contributed by atoms with van der Waals surface area (Å²) < 4.78 is 20.3. The predicted octanol–water partition coefficient (Wildman–Crippen LogP) is 4.39. The second-order valence-corrected chi connectivity index (χ2v) is 8.52. The van der Waals surface area contributed by atoms with Crippen molar-refractivity contribution >= 4 is 40.5 Å². The van der Waals surface area contributed by atoms with E-state index in [-0.39, 0.29) is 11.7 Å². The van der Waals surface area contributed by atoms with E-state index in [2.05, 4.69) is 5.32 Å². The van der Waals surface area contributed by atoms with E-state index >= 15 is 0 Å². The molecule has 0 spiro atoms. The summed E-state index contributed by atoms with van der Waals surface area (Å²) in [5.41, 5.74) is 8.14. The lowest BCUT2D eigenvalue weighted by Gasteiger charge is -2.40. The Morgan fingerprint density at radius 3 is 2.66 bits per heavy atom. The van der Waals surface area contributed by atoms with Crippen molar-refractivity contribution in [1.82, 2.24) is 0 Å². The van der Waals surface area contributed by atoms with E-state index in [1.54, 1.807) is 18.2 Å². The molecule has 2 heterocycles. The van der Waals surface area contributed by atoms with E-state index in [9.17, 15) is 9.18 Å². The quantitative estimate of drug-likeness (QED) is 0.743. The molecule has 2 aromatic rings. The summed E-state index contributed by atoms with van der Waals surface area (Å²) in [6.07, 6.45) is 2.32. The lowest BCUT2D eigenvalue weighted by molar-refractivity contribution is -0.116. The van der Waals surface area contributed by atoms with Crippen LogP contribution in [0.1, 0.15) is 24.8 Å². The van der Waals surface area contributed by atoms with E-state index in [1.807, 2.05) is 11.0 Å². The summed E-state index contributed by atoms with van der Waals surface area (Å²) in [4.78, 5) is 13.6. The summed E-state index contributed by atoms with van der Waals surface area (Å²) in [6, 6.07) is 8.26. The molecule has 3 N–H and O–H groups in total. The SMILES string of the molecule is NC1(COc2ccc(Cl)c3c2CCC(=O)N3)CCN(c2ccc(Cl)cc2F)CC1. The number of rotatable bonds is 4. The van der Waals surface area contributed by atoms with Crippen LogP contribution in [0.15, 0.2) is 30.3 Å². The minimum absolute atomic E-state index is 0.0475. The Labute approximate surface area is 178 Å². The molecule has 2 aliphatic rings. The third kappa shape index (κ3) is 4.29. The molecule has 29 heavy (non-hydrogen) atoms. The number of hydrogen-bond donors (Lipinski definition) is 2. The molecule has 0 radical (unpaired) electrons. The molecular weight excluding hydrogens is 416 g/mol. The van der Waals surface area contributed by atoms with Gasteiger partial charge in [0.2, 0.25) is 5.91 Å². The minimum atomic E-state index is -0.510. The Morgan fingerprint density at radius 1 is 1.17 bits per heavy atom. The lowest BCUT2D eigenvalue weighted by Crippen LogP contribution is -2.54. The maximum Gasteiger partial charge on any atom is 0.224 e. The first-order valence-corrected chi connectivity index (χ1v) is 10.3. The highest BCUT2D eigenvalue weighted by molar-refractivity contribution is 6.34. The largest absolute Gasteiger partial charge is 0.491 e. The van der Waals surface area contributed by atoms with Crippen molar-refractivity contribution in [1.29, 1.82) is 0 Å². The molecule has 0 unspecified atom stereocenters. The van der Waals surface area contributed by atoms with Crippen molar-refractivity contribution in [2.45, 2.75) is 31.2 Å². The van der Waals surface area contributed by atoms with Gasteiger partial charge in [0, 0.05) is 30.1 Å². The Balaban J connectivity index is 1.41. The second kappa shape index (κ2) is 8.01. The zero-order valence-corrected chi connectivity index (χ0v) is 17.3. The number of carbonyl (C=O) groups is 1. The van der Waals surface area contributed by atoms with Gasteiger partial charge in [0.1, 0.15) is 18.2 Å². The fraction of sp³-hybridized carbons (Fsp3) is 0.381. The number of nitrogens with one attached hydrogen (secondary N) is 1. The van der Waals surface area contributed by atoms with Gasteiger partial charge in [0.15, 0.2) is 0 Å². The Hall–Kier alpha value is -2.02. The van der Waals surface area contributed by atoms with Gasteiger partial charge in [-0.2, -0.15) is 0 Å². The highest BCUT2D eigenvalue weighted by atomic mass is 35.5. The Bertz CT molecular complexity index is 946. The monoisotopic (exact) mass is 437 g/mol. The van der Waals surface area contributed by atoms with Crippen LogP contribution in [0, 0.1) is 5.82 Å². The van der Waals surface area contributed by atoms with Crippen molar-refractivity contribution in [3.8, 4) is 5.75 Å². The predicted molar refractivity (Wildman–Crippen MR) is 114 cm³/mol. The van der Waals surface area contributed by atoms with Crippen LogP contribution in [0.25, 0.3) is 0 Å². The molecule has 2 aliphatic heterocycles. The molecular formula is C21H22Cl2FN3O2. The Morgan fingerprint density at radius 2 is 1.93 bits per heavy atom. The van der Waals surface area contributed by atoms with Gasteiger partial charge in [-0.05, 0) is 49.6 Å². The summed E-state index contributed by atoms with van der Waals surface area (Å²) in [7, 11) is 0. The molecule has 5 nitrogen and oxygen atoms in total. The highest BCUT2D eigenvalue weighted by Gasteiger charge is 2.33. The number of ether oxygens (including phenoxy) is 1. The lowest BCUT2D eigenvalue weighted by atomic mass is 9.89. The van der Waals surface area contributed by atoms with Crippen LogP contribution in [0.4, 0.5) is 15.8 Å². The molecule has 1 fully saturated rings. The van der Waals surface area contributed by atoms with Crippen LogP contribution in [-0.4, -0.2) is 31.1 Å². The van der Waals surface area contributed by atoms with Crippen molar-refractivity contribution < 1.29 is 13.9 Å². The van der Waals surface area contributed by atoms with Crippen LogP contribution in [0.2, 0.25) is 10.0 Å². The summed E-state index contributed by atoms with van der Waals surface area (Å²) >= 11 is 12.1. The fourth-order valence-electron chi connectivity index (χ4n) is 3.86. The number of hydrogen-bond acceptors (Lipinski definition) is 4. The smallest absolute Gasteiger partial charge is 0.224 e. The number of carbonyl (C=O) groups excluding carboxylic acids is 1. The zero-order valence-electron chi connectivity index (χ0n) is 15.8. The normalized spacial score (nSPS) is 18.2. The molecule has 154 valence electrons. The molecule has 2 aromatic carbocycles. The molecule has 0 atom stereocenters. The van der Waals surface area contributed by atoms with Gasteiger partial charge >= 0.3 is 0 Å². The van der Waals surface area contributed by atoms with Crippen molar-refractivity contribution in [3.05, 3.63) is 51.8 Å². The van der Waals surface area contributed by atoms with Crippen molar-refractivity contribution in [2.24, 2.45) is 5.73 Å². The third-order valence-electron chi connectivity index (χ3n) is 5.61. The first-order valence-electron chi connectivity index (χ1n) is 9.58.